The topological polar surface area (TPSA) is 71.6 Å². The number of alkyl halides is 3. The average molecular weight is 359 g/mol. The molecule has 1 saturated heterocycles. The minimum atomic E-state index is -4.52. The molecular formula is C17H24F3N3O2. The van der Waals surface area contributed by atoms with Crippen LogP contribution in [-0.4, -0.2) is 46.3 Å². The maximum Gasteiger partial charge on any atom is 0.433 e. The minimum Gasteiger partial charge on any atom is -0.474 e. The third kappa shape index (κ3) is 5.05. The van der Waals surface area contributed by atoms with Gasteiger partial charge in [-0.25, -0.2) is 4.98 Å². The second kappa shape index (κ2) is 7.47. The summed E-state index contributed by atoms with van der Waals surface area (Å²) in [6.45, 7) is 1.48. The first-order chi connectivity index (χ1) is 11.8. The summed E-state index contributed by atoms with van der Waals surface area (Å²) in [6, 6.07) is 2.79. The molecule has 2 heterocycles. The molecule has 1 atom stereocenters. The molecule has 140 valence electrons. The van der Waals surface area contributed by atoms with E-state index in [2.05, 4.69) is 4.98 Å². The number of aliphatic hydroxyl groups excluding tert-OH is 1. The summed E-state index contributed by atoms with van der Waals surface area (Å²) in [6.07, 6.45) is -1.36. The fourth-order valence-electron chi connectivity index (χ4n) is 3.45. The van der Waals surface area contributed by atoms with Crippen molar-refractivity contribution < 1.29 is 23.0 Å². The van der Waals surface area contributed by atoms with Gasteiger partial charge in [0, 0.05) is 31.7 Å². The molecule has 1 aliphatic carbocycles. The number of aliphatic hydroxyl groups is 1. The summed E-state index contributed by atoms with van der Waals surface area (Å²) >= 11 is 0. The molecule has 25 heavy (non-hydrogen) atoms. The van der Waals surface area contributed by atoms with Crippen LogP contribution in [0.15, 0.2) is 12.1 Å². The molecule has 1 aliphatic heterocycles. The monoisotopic (exact) mass is 359 g/mol. The van der Waals surface area contributed by atoms with E-state index in [-0.39, 0.29) is 18.0 Å². The molecular weight excluding hydrogens is 335 g/mol. The molecule has 2 aliphatic rings. The molecule has 0 aromatic carbocycles. The van der Waals surface area contributed by atoms with E-state index in [1.807, 2.05) is 4.90 Å². The number of hydrogen-bond acceptors (Lipinski definition) is 5. The van der Waals surface area contributed by atoms with Crippen molar-refractivity contribution in [2.45, 2.75) is 63.1 Å². The van der Waals surface area contributed by atoms with Crippen LogP contribution in [-0.2, 0) is 12.7 Å². The lowest BCUT2D eigenvalue weighted by Crippen LogP contribution is -2.32. The van der Waals surface area contributed by atoms with Gasteiger partial charge in [0.25, 0.3) is 0 Å². The van der Waals surface area contributed by atoms with E-state index in [0.29, 0.717) is 31.6 Å². The predicted molar refractivity (Wildman–Crippen MR) is 86.0 cm³/mol. The SMILES string of the molecule is N[C@H]1CC[C@@H](Oc2cc(CN3CC[C@@H](O)C3)cc(C(F)(F)F)n2)CC1. The molecule has 1 aromatic heterocycles. The molecule has 3 rings (SSSR count). The van der Waals surface area contributed by atoms with Crippen LogP contribution in [0.2, 0.25) is 0 Å². The molecule has 3 N–H and O–H groups in total. The number of nitrogens with zero attached hydrogens (tertiary/aromatic N) is 2. The van der Waals surface area contributed by atoms with Gasteiger partial charge in [0.05, 0.1) is 6.10 Å². The fourth-order valence-corrected chi connectivity index (χ4v) is 3.45. The highest BCUT2D eigenvalue weighted by Crippen LogP contribution is 2.31. The maximum absolute atomic E-state index is 13.2. The highest BCUT2D eigenvalue weighted by atomic mass is 19.4. The van der Waals surface area contributed by atoms with Gasteiger partial charge in [0.2, 0.25) is 5.88 Å². The van der Waals surface area contributed by atoms with Gasteiger partial charge in [-0.05, 0) is 43.7 Å². The van der Waals surface area contributed by atoms with Crippen molar-refractivity contribution >= 4 is 0 Å². The Balaban J connectivity index is 1.75. The van der Waals surface area contributed by atoms with Gasteiger partial charge < -0.3 is 15.6 Å². The van der Waals surface area contributed by atoms with E-state index in [4.69, 9.17) is 10.5 Å². The molecule has 5 nitrogen and oxygen atoms in total. The lowest BCUT2D eigenvalue weighted by atomic mass is 9.94. The van der Waals surface area contributed by atoms with Crippen molar-refractivity contribution in [1.82, 2.24) is 9.88 Å². The fraction of sp³-hybridized carbons (Fsp3) is 0.706. The van der Waals surface area contributed by atoms with Crippen LogP contribution in [0, 0.1) is 0 Å². The van der Waals surface area contributed by atoms with Gasteiger partial charge in [-0.1, -0.05) is 0 Å². The maximum atomic E-state index is 13.2. The summed E-state index contributed by atoms with van der Waals surface area (Å²) < 4.78 is 45.2. The Hall–Kier alpha value is -1.38. The average Bonchev–Trinajstić information content (AvgIpc) is 2.93. The van der Waals surface area contributed by atoms with E-state index < -0.39 is 18.0 Å². The van der Waals surface area contributed by atoms with Gasteiger partial charge in [0.1, 0.15) is 11.8 Å². The van der Waals surface area contributed by atoms with Crippen molar-refractivity contribution in [3.05, 3.63) is 23.4 Å². The normalized spacial score (nSPS) is 28.3. The quantitative estimate of drug-likeness (QED) is 0.863. The molecule has 0 unspecified atom stereocenters. The zero-order valence-corrected chi connectivity index (χ0v) is 14.0. The number of rotatable bonds is 4. The van der Waals surface area contributed by atoms with Crippen LogP contribution in [0.5, 0.6) is 5.88 Å². The Kier molecular flexibility index (Phi) is 5.50. The number of β-amino-alcohol motifs (C(OH)–C–C–N with tert-alkyl or cyclic N) is 1. The number of halogens is 3. The van der Waals surface area contributed by atoms with E-state index in [0.717, 1.165) is 31.7 Å². The summed E-state index contributed by atoms with van der Waals surface area (Å²) in [5.41, 5.74) is 5.41. The van der Waals surface area contributed by atoms with Gasteiger partial charge in [-0.3, -0.25) is 4.90 Å². The van der Waals surface area contributed by atoms with Crippen LogP contribution in [0.3, 0.4) is 0 Å². The molecule has 0 amide bonds. The van der Waals surface area contributed by atoms with Gasteiger partial charge >= 0.3 is 6.18 Å². The largest absolute Gasteiger partial charge is 0.474 e. The minimum absolute atomic E-state index is 0.0186. The molecule has 1 saturated carbocycles. The Labute approximate surface area is 145 Å². The van der Waals surface area contributed by atoms with Crippen molar-refractivity contribution in [3.8, 4) is 5.88 Å². The zero-order chi connectivity index (χ0) is 18.0. The first-order valence-electron chi connectivity index (χ1n) is 8.70. The van der Waals surface area contributed by atoms with Crippen LogP contribution in [0.1, 0.15) is 43.4 Å². The van der Waals surface area contributed by atoms with Crippen molar-refractivity contribution in [1.29, 1.82) is 0 Å². The van der Waals surface area contributed by atoms with E-state index in [1.54, 1.807) is 6.07 Å². The number of aromatic nitrogens is 1. The highest BCUT2D eigenvalue weighted by Gasteiger charge is 2.34. The number of pyridine rings is 1. The summed E-state index contributed by atoms with van der Waals surface area (Å²) in [7, 11) is 0. The lowest BCUT2D eigenvalue weighted by Gasteiger charge is -2.27. The second-order valence-corrected chi connectivity index (χ2v) is 7.03. The third-order valence-electron chi connectivity index (χ3n) is 4.81. The Morgan fingerprint density at radius 1 is 1.20 bits per heavy atom. The molecule has 2 fully saturated rings. The van der Waals surface area contributed by atoms with Crippen LogP contribution >= 0.6 is 0 Å². The molecule has 0 bridgehead atoms. The van der Waals surface area contributed by atoms with Crippen molar-refractivity contribution in [2.24, 2.45) is 5.73 Å². The molecule has 0 radical (unpaired) electrons. The number of ether oxygens (including phenoxy) is 1. The van der Waals surface area contributed by atoms with Gasteiger partial charge in [0.15, 0.2) is 0 Å². The molecule has 1 aromatic rings. The summed E-state index contributed by atoms with van der Waals surface area (Å²) in [5, 5.41) is 9.58. The Morgan fingerprint density at radius 2 is 1.92 bits per heavy atom. The lowest BCUT2D eigenvalue weighted by molar-refractivity contribution is -0.141. The number of likely N-dealkylation sites (tertiary alicyclic amines) is 1. The first kappa shape index (κ1) is 18.4. The summed E-state index contributed by atoms with van der Waals surface area (Å²) in [5.74, 6) is 0.0186. The van der Waals surface area contributed by atoms with Crippen LogP contribution < -0.4 is 10.5 Å². The van der Waals surface area contributed by atoms with E-state index in [1.165, 1.54) is 0 Å². The third-order valence-corrected chi connectivity index (χ3v) is 4.81. The van der Waals surface area contributed by atoms with Crippen LogP contribution in [0.25, 0.3) is 0 Å². The second-order valence-electron chi connectivity index (χ2n) is 7.03. The van der Waals surface area contributed by atoms with E-state index in [9.17, 15) is 18.3 Å². The molecule has 0 spiro atoms. The van der Waals surface area contributed by atoms with Crippen molar-refractivity contribution in [3.63, 3.8) is 0 Å². The van der Waals surface area contributed by atoms with Crippen LogP contribution in [0.4, 0.5) is 13.2 Å². The van der Waals surface area contributed by atoms with E-state index >= 15 is 0 Å². The highest BCUT2D eigenvalue weighted by molar-refractivity contribution is 5.27. The first-order valence-corrected chi connectivity index (χ1v) is 8.70. The molecule has 8 heteroatoms. The standard InChI is InChI=1S/C17H24F3N3O2/c18-17(19,20)15-7-11(9-23-6-5-13(24)10-23)8-16(22-15)25-14-3-1-12(21)2-4-14/h7-8,12-14,24H,1-6,9-10,21H2/t12-,13-,14+/m1/s1. The predicted octanol–water partition coefficient (Wildman–Crippen LogP) is 2.32. The smallest absolute Gasteiger partial charge is 0.433 e. The van der Waals surface area contributed by atoms with Crippen molar-refractivity contribution in [2.75, 3.05) is 13.1 Å². The number of nitrogens with two attached hydrogens (primary N) is 1. The zero-order valence-electron chi connectivity index (χ0n) is 14.0. The Morgan fingerprint density at radius 3 is 2.52 bits per heavy atom. The summed E-state index contributed by atoms with van der Waals surface area (Å²) in [4.78, 5) is 5.60. The van der Waals surface area contributed by atoms with Gasteiger partial charge in [-0.2, -0.15) is 13.2 Å². The Bertz CT molecular complexity index is 589. The number of hydrogen-bond donors (Lipinski definition) is 2. The van der Waals surface area contributed by atoms with Gasteiger partial charge in [-0.15, -0.1) is 0 Å².